The maximum Gasteiger partial charge on any atom is 0.0607 e. The molecule has 1 nitrogen and oxygen atoms in total. The summed E-state index contributed by atoms with van der Waals surface area (Å²) < 4.78 is 0. The Kier molecular flexibility index (Phi) is 5.79. The van der Waals surface area contributed by atoms with Crippen molar-refractivity contribution in [3.05, 3.63) is 77.4 Å². The molecule has 0 spiro atoms. The van der Waals surface area contributed by atoms with Gasteiger partial charge in [0.15, 0.2) is 0 Å². The zero-order chi connectivity index (χ0) is 18.1. The van der Waals surface area contributed by atoms with E-state index in [-0.39, 0.29) is 0 Å². The number of hydrogen-bond donors (Lipinski definition) is 0. The SMILES string of the molecule is BrCc1cc(CBr)c2c(c1)N(c1ccccc1)c1cccc(CBr)c1S2. The van der Waals surface area contributed by atoms with Gasteiger partial charge >= 0.3 is 0 Å². The molecule has 0 fully saturated rings. The molecule has 0 atom stereocenters. The van der Waals surface area contributed by atoms with Crippen molar-refractivity contribution in [3.63, 3.8) is 0 Å². The second-order valence-corrected chi connectivity index (χ2v) is 8.75. The van der Waals surface area contributed by atoms with E-state index in [2.05, 4.69) is 113 Å². The van der Waals surface area contributed by atoms with Gasteiger partial charge in [-0.2, -0.15) is 0 Å². The smallest absolute Gasteiger partial charge is 0.0607 e. The Hall–Kier alpha value is -0.750. The molecule has 0 N–H and O–H groups in total. The lowest BCUT2D eigenvalue weighted by molar-refractivity contribution is 1.10. The van der Waals surface area contributed by atoms with E-state index in [1.165, 1.54) is 43.5 Å². The molecule has 132 valence electrons. The van der Waals surface area contributed by atoms with Crippen molar-refractivity contribution in [2.75, 3.05) is 4.90 Å². The second kappa shape index (κ2) is 8.09. The molecule has 0 amide bonds. The minimum absolute atomic E-state index is 0.845. The van der Waals surface area contributed by atoms with Gasteiger partial charge in [-0.1, -0.05) is 95.9 Å². The zero-order valence-electron chi connectivity index (χ0n) is 13.9. The van der Waals surface area contributed by atoms with Crippen LogP contribution in [0.2, 0.25) is 0 Å². The van der Waals surface area contributed by atoms with Gasteiger partial charge in [-0.15, -0.1) is 0 Å². The van der Waals surface area contributed by atoms with Gasteiger partial charge in [-0.25, -0.2) is 0 Å². The molecular weight excluding hydrogens is 538 g/mol. The lowest BCUT2D eigenvalue weighted by atomic mass is 10.1. The topological polar surface area (TPSA) is 3.24 Å². The van der Waals surface area contributed by atoms with Gasteiger partial charge in [-0.3, -0.25) is 0 Å². The van der Waals surface area contributed by atoms with Crippen molar-refractivity contribution >= 4 is 76.6 Å². The molecule has 1 heterocycles. The molecule has 4 rings (SSSR count). The number of rotatable bonds is 4. The lowest BCUT2D eigenvalue weighted by Crippen LogP contribution is -2.16. The summed E-state index contributed by atoms with van der Waals surface area (Å²) in [5.74, 6) is 0. The van der Waals surface area contributed by atoms with E-state index < -0.39 is 0 Å². The highest BCUT2D eigenvalue weighted by Gasteiger charge is 2.28. The van der Waals surface area contributed by atoms with Crippen LogP contribution in [-0.2, 0) is 16.0 Å². The van der Waals surface area contributed by atoms with Crippen LogP contribution in [0.15, 0.2) is 70.5 Å². The van der Waals surface area contributed by atoms with Crippen LogP contribution < -0.4 is 4.90 Å². The summed E-state index contributed by atoms with van der Waals surface area (Å²) in [5.41, 5.74) is 7.64. The molecule has 0 aromatic heterocycles. The first kappa shape index (κ1) is 18.6. The fourth-order valence-corrected chi connectivity index (χ4v) is 6.12. The maximum atomic E-state index is 3.70. The van der Waals surface area contributed by atoms with Crippen LogP contribution in [0.5, 0.6) is 0 Å². The lowest BCUT2D eigenvalue weighted by Gasteiger charge is -2.35. The molecule has 0 saturated carbocycles. The van der Waals surface area contributed by atoms with Crippen LogP contribution in [0.1, 0.15) is 16.7 Å². The van der Waals surface area contributed by atoms with Crippen molar-refractivity contribution < 1.29 is 0 Å². The van der Waals surface area contributed by atoms with Gasteiger partial charge in [0, 0.05) is 31.5 Å². The highest BCUT2D eigenvalue weighted by Crippen LogP contribution is 2.54. The van der Waals surface area contributed by atoms with Crippen molar-refractivity contribution in [2.24, 2.45) is 0 Å². The molecule has 26 heavy (non-hydrogen) atoms. The predicted octanol–water partition coefficient (Wildman–Crippen LogP) is 8.31. The number of para-hydroxylation sites is 1. The van der Waals surface area contributed by atoms with E-state index in [0.29, 0.717) is 0 Å². The quantitative estimate of drug-likeness (QED) is 0.234. The molecule has 1 aliphatic heterocycles. The summed E-state index contributed by atoms with van der Waals surface area (Å²) in [5, 5.41) is 2.55. The van der Waals surface area contributed by atoms with Crippen LogP contribution >= 0.6 is 59.6 Å². The molecule has 0 saturated heterocycles. The molecule has 0 bridgehead atoms. The predicted molar refractivity (Wildman–Crippen MR) is 123 cm³/mol. The average molecular weight is 554 g/mol. The van der Waals surface area contributed by atoms with E-state index in [0.717, 1.165) is 16.0 Å². The second-order valence-electron chi connectivity index (χ2n) is 6.04. The van der Waals surface area contributed by atoms with Crippen LogP contribution in [0, 0.1) is 0 Å². The highest BCUT2D eigenvalue weighted by molar-refractivity contribution is 9.09. The van der Waals surface area contributed by atoms with Gasteiger partial charge in [0.1, 0.15) is 0 Å². The summed E-state index contributed by atoms with van der Waals surface area (Å²) in [4.78, 5) is 5.05. The molecule has 5 heteroatoms. The van der Waals surface area contributed by atoms with E-state index in [1.54, 1.807) is 0 Å². The first-order valence-electron chi connectivity index (χ1n) is 8.25. The van der Waals surface area contributed by atoms with E-state index in [4.69, 9.17) is 0 Å². The Morgan fingerprint density at radius 1 is 0.692 bits per heavy atom. The number of alkyl halides is 3. The highest BCUT2D eigenvalue weighted by atomic mass is 79.9. The number of anilines is 3. The molecule has 0 unspecified atom stereocenters. The van der Waals surface area contributed by atoms with Crippen LogP contribution in [-0.4, -0.2) is 0 Å². The standard InChI is InChI=1S/C21H16Br3NS/c22-11-14-9-16(13-24)21-19(10-14)25(17-6-2-1-3-7-17)18-8-4-5-15(12-23)20(18)26-21/h1-10H,11-13H2. The zero-order valence-corrected chi connectivity index (χ0v) is 19.5. The minimum atomic E-state index is 0.845. The average Bonchev–Trinajstić information content (AvgIpc) is 2.71. The summed E-state index contributed by atoms with van der Waals surface area (Å²) in [6.45, 7) is 0. The van der Waals surface area contributed by atoms with Crippen molar-refractivity contribution in [3.8, 4) is 0 Å². The maximum absolute atomic E-state index is 3.70. The molecule has 0 aliphatic carbocycles. The van der Waals surface area contributed by atoms with Gasteiger partial charge in [0.25, 0.3) is 0 Å². The van der Waals surface area contributed by atoms with Gasteiger partial charge < -0.3 is 4.90 Å². The third-order valence-corrected chi connectivity index (χ3v) is 7.63. The molecule has 0 radical (unpaired) electrons. The summed E-state index contributed by atoms with van der Waals surface area (Å²) in [6, 6.07) is 21.8. The fraction of sp³-hybridized carbons (Fsp3) is 0.143. The van der Waals surface area contributed by atoms with Crippen molar-refractivity contribution in [1.82, 2.24) is 0 Å². The van der Waals surface area contributed by atoms with E-state index in [9.17, 15) is 0 Å². The van der Waals surface area contributed by atoms with Gasteiger partial charge in [0.2, 0.25) is 0 Å². The normalized spacial score (nSPS) is 12.7. The first-order chi connectivity index (χ1) is 12.8. The minimum Gasteiger partial charge on any atom is -0.308 e. The molecular formula is C21H16Br3NS. The summed E-state index contributed by atoms with van der Waals surface area (Å²) >= 11 is 12.9. The van der Waals surface area contributed by atoms with Gasteiger partial charge in [0.05, 0.1) is 11.4 Å². The Labute approximate surface area is 183 Å². The molecule has 1 aliphatic rings. The summed E-state index contributed by atoms with van der Waals surface area (Å²) in [7, 11) is 0. The van der Waals surface area contributed by atoms with Crippen LogP contribution in [0.25, 0.3) is 0 Å². The first-order valence-corrected chi connectivity index (χ1v) is 12.4. The van der Waals surface area contributed by atoms with E-state index in [1.807, 2.05) is 11.8 Å². The number of hydrogen-bond acceptors (Lipinski definition) is 2. The Bertz CT molecular complexity index is 943. The number of benzene rings is 3. The number of fused-ring (bicyclic) bond motifs is 2. The third kappa shape index (κ3) is 3.28. The largest absolute Gasteiger partial charge is 0.308 e. The van der Waals surface area contributed by atoms with Crippen LogP contribution in [0.3, 0.4) is 0 Å². The Morgan fingerprint density at radius 2 is 1.42 bits per heavy atom. The molecule has 3 aromatic rings. The third-order valence-electron chi connectivity index (χ3n) is 4.42. The Balaban J connectivity index is 2.02. The molecule has 3 aromatic carbocycles. The van der Waals surface area contributed by atoms with Gasteiger partial charge in [-0.05, 0) is 41.0 Å². The fourth-order valence-electron chi connectivity index (χ4n) is 3.25. The van der Waals surface area contributed by atoms with Crippen molar-refractivity contribution in [1.29, 1.82) is 0 Å². The monoisotopic (exact) mass is 551 g/mol. The number of nitrogens with zero attached hydrogens (tertiary/aromatic N) is 1. The van der Waals surface area contributed by atoms with Crippen molar-refractivity contribution in [2.45, 2.75) is 25.8 Å². The number of halogens is 3. The van der Waals surface area contributed by atoms with Crippen LogP contribution in [0.4, 0.5) is 17.1 Å². The van der Waals surface area contributed by atoms with E-state index >= 15 is 0 Å². The summed E-state index contributed by atoms with van der Waals surface area (Å²) in [6.07, 6.45) is 0. The Morgan fingerprint density at radius 3 is 2.12 bits per heavy atom.